The van der Waals surface area contributed by atoms with Gasteiger partial charge in [-0.05, 0) is 39.3 Å². The lowest BCUT2D eigenvalue weighted by molar-refractivity contribution is 0.0513. The van der Waals surface area contributed by atoms with E-state index in [2.05, 4.69) is 28.2 Å². The third kappa shape index (κ3) is 2.67. The molecule has 4 heteroatoms. The number of nitrogens with one attached hydrogen (secondary N) is 1. The molecule has 0 atom stereocenters. The minimum Gasteiger partial charge on any atom is -0.460 e. The molecular formula is C15H18N2O2. The molecule has 0 unspecified atom stereocenters. The fourth-order valence-corrected chi connectivity index (χ4v) is 2.01. The number of hydrogen-bond donors (Lipinski definition) is 1. The van der Waals surface area contributed by atoms with Crippen molar-refractivity contribution in [1.82, 2.24) is 9.97 Å². The van der Waals surface area contributed by atoms with Gasteiger partial charge in [-0.1, -0.05) is 17.7 Å². The van der Waals surface area contributed by atoms with E-state index in [1.54, 1.807) is 6.92 Å². The van der Waals surface area contributed by atoms with E-state index in [1.807, 2.05) is 20.8 Å². The number of nitrogens with zero attached hydrogens (tertiary/aromatic N) is 1. The molecule has 0 saturated heterocycles. The summed E-state index contributed by atoms with van der Waals surface area (Å²) in [5, 5.41) is 0. The van der Waals surface area contributed by atoms with Gasteiger partial charge in [-0.3, -0.25) is 0 Å². The van der Waals surface area contributed by atoms with Crippen molar-refractivity contribution in [3.63, 3.8) is 0 Å². The molecule has 19 heavy (non-hydrogen) atoms. The Balaban J connectivity index is 2.46. The lowest BCUT2D eigenvalue weighted by Gasteiger charge is -2.05. The van der Waals surface area contributed by atoms with Crippen molar-refractivity contribution in [3.05, 3.63) is 40.8 Å². The highest BCUT2D eigenvalue weighted by molar-refractivity contribution is 5.86. The Kier molecular flexibility index (Phi) is 3.69. The normalized spacial score (nSPS) is 10.5. The maximum atomic E-state index is 11.7. The van der Waals surface area contributed by atoms with Crippen molar-refractivity contribution < 1.29 is 9.53 Å². The molecule has 0 aliphatic carbocycles. The van der Waals surface area contributed by atoms with Crippen molar-refractivity contribution in [1.29, 1.82) is 0 Å². The van der Waals surface area contributed by atoms with Crippen LogP contribution in [0.3, 0.4) is 0 Å². The maximum Gasteiger partial charge on any atom is 0.374 e. The van der Waals surface area contributed by atoms with Crippen LogP contribution in [0.2, 0.25) is 0 Å². The van der Waals surface area contributed by atoms with Crippen LogP contribution in [0.5, 0.6) is 0 Å². The summed E-state index contributed by atoms with van der Waals surface area (Å²) in [7, 11) is 0. The third-order valence-corrected chi connectivity index (χ3v) is 3.00. The number of esters is 1. The summed E-state index contributed by atoms with van der Waals surface area (Å²) in [5.74, 6) is -0.155. The number of carbonyl (C=O) groups excluding carboxylic acids is 1. The number of aromatic nitrogens is 2. The number of ether oxygens (including phenoxy) is 1. The molecule has 2 rings (SSSR count). The molecule has 4 nitrogen and oxygen atoms in total. The number of aromatic amines is 1. The van der Waals surface area contributed by atoms with Crippen LogP contribution in [0.4, 0.5) is 0 Å². The van der Waals surface area contributed by atoms with Gasteiger partial charge in [0.05, 0.1) is 12.3 Å². The Morgan fingerprint density at radius 2 is 2.05 bits per heavy atom. The second-order valence-corrected chi connectivity index (χ2v) is 4.60. The average molecular weight is 258 g/mol. The Hall–Kier alpha value is -2.10. The van der Waals surface area contributed by atoms with E-state index in [-0.39, 0.29) is 5.82 Å². The second-order valence-electron chi connectivity index (χ2n) is 4.60. The van der Waals surface area contributed by atoms with Crippen LogP contribution < -0.4 is 0 Å². The van der Waals surface area contributed by atoms with Gasteiger partial charge >= 0.3 is 5.97 Å². The summed E-state index contributed by atoms with van der Waals surface area (Å²) in [4.78, 5) is 19.0. The van der Waals surface area contributed by atoms with Gasteiger partial charge < -0.3 is 9.72 Å². The predicted octanol–water partition coefficient (Wildman–Crippen LogP) is 3.18. The van der Waals surface area contributed by atoms with Crippen LogP contribution in [0.15, 0.2) is 18.2 Å². The zero-order chi connectivity index (χ0) is 14.0. The topological polar surface area (TPSA) is 55.0 Å². The van der Waals surface area contributed by atoms with Gasteiger partial charge in [-0.2, -0.15) is 0 Å². The Bertz CT molecular complexity index is 615. The Labute approximate surface area is 112 Å². The molecular weight excluding hydrogens is 240 g/mol. The molecule has 1 aromatic carbocycles. The number of imidazole rings is 1. The highest BCUT2D eigenvalue weighted by Gasteiger charge is 2.16. The first-order valence-corrected chi connectivity index (χ1v) is 6.34. The third-order valence-electron chi connectivity index (χ3n) is 3.00. The Morgan fingerprint density at radius 1 is 1.32 bits per heavy atom. The molecule has 0 aliphatic rings. The molecule has 1 heterocycles. The molecule has 0 bridgehead atoms. The zero-order valence-corrected chi connectivity index (χ0v) is 11.7. The van der Waals surface area contributed by atoms with Crippen LogP contribution in [0, 0.1) is 20.8 Å². The number of benzene rings is 1. The van der Waals surface area contributed by atoms with Crippen LogP contribution in [0.25, 0.3) is 11.3 Å². The number of H-pyrrole nitrogens is 1. The number of hydrogen-bond acceptors (Lipinski definition) is 3. The monoisotopic (exact) mass is 258 g/mol. The summed E-state index contributed by atoms with van der Waals surface area (Å²) < 4.78 is 4.95. The van der Waals surface area contributed by atoms with Gasteiger partial charge in [0.25, 0.3) is 0 Å². The summed E-state index contributed by atoms with van der Waals surface area (Å²) >= 11 is 0. The van der Waals surface area contributed by atoms with Gasteiger partial charge in [0.1, 0.15) is 0 Å². The average Bonchev–Trinajstić information content (AvgIpc) is 2.75. The molecule has 0 amide bonds. The largest absolute Gasteiger partial charge is 0.460 e. The van der Waals surface area contributed by atoms with Gasteiger partial charge in [-0.15, -0.1) is 0 Å². The van der Waals surface area contributed by atoms with Crippen molar-refractivity contribution in [3.8, 4) is 11.3 Å². The zero-order valence-electron chi connectivity index (χ0n) is 11.7. The van der Waals surface area contributed by atoms with Crippen molar-refractivity contribution in [2.45, 2.75) is 27.7 Å². The number of aryl methyl sites for hydroxylation is 3. The SMILES string of the molecule is CCOC(=O)c1nc(-c2cc(C)ccc2C)c(C)[nH]1. The molecule has 0 spiro atoms. The van der Waals surface area contributed by atoms with E-state index in [0.717, 1.165) is 22.5 Å². The molecule has 100 valence electrons. The van der Waals surface area contributed by atoms with Crippen LogP contribution >= 0.6 is 0 Å². The summed E-state index contributed by atoms with van der Waals surface area (Å²) in [5.41, 5.74) is 5.03. The fraction of sp³-hybridized carbons (Fsp3) is 0.333. The molecule has 1 aromatic heterocycles. The second kappa shape index (κ2) is 5.26. The van der Waals surface area contributed by atoms with Crippen molar-refractivity contribution in [2.75, 3.05) is 6.61 Å². The summed E-state index contributed by atoms with van der Waals surface area (Å²) in [6.07, 6.45) is 0. The number of carbonyl (C=O) groups is 1. The van der Waals surface area contributed by atoms with E-state index < -0.39 is 5.97 Å². The van der Waals surface area contributed by atoms with Gasteiger partial charge in [-0.25, -0.2) is 9.78 Å². The summed E-state index contributed by atoms with van der Waals surface area (Å²) in [6.45, 7) is 8.10. The van der Waals surface area contributed by atoms with Crippen LogP contribution in [-0.4, -0.2) is 22.5 Å². The first-order valence-electron chi connectivity index (χ1n) is 6.34. The lowest BCUT2D eigenvalue weighted by Crippen LogP contribution is -2.06. The lowest BCUT2D eigenvalue weighted by atomic mass is 10.0. The molecule has 0 aliphatic heterocycles. The van der Waals surface area contributed by atoms with Crippen molar-refractivity contribution in [2.24, 2.45) is 0 Å². The first-order chi connectivity index (χ1) is 9.02. The standard InChI is InChI=1S/C15H18N2O2/c1-5-19-15(18)14-16-11(4)13(17-14)12-8-9(2)6-7-10(12)3/h6-8H,5H2,1-4H3,(H,16,17). The van der Waals surface area contributed by atoms with Gasteiger partial charge in [0.15, 0.2) is 0 Å². The quantitative estimate of drug-likeness (QED) is 0.860. The van der Waals surface area contributed by atoms with E-state index in [0.29, 0.717) is 6.61 Å². The predicted molar refractivity (Wildman–Crippen MR) is 74.2 cm³/mol. The first kappa shape index (κ1) is 13.3. The molecule has 1 N–H and O–H groups in total. The molecule has 0 fully saturated rings. The molecule has 0 saturated carbocycles. The minimum atomic E-state index is -0.415. The van der Waals surface area contributed by atoms with Crippen molar-refractivity contribution >= 4 is 5.97 Å². The van der Waals surface area contributed by atoms with Crippen LogP contribution in [0.1, 0.15) is 34.4 Å². The maximum absolute atomic E-state index is 11.7. The summed E-state index contributed by atoms with van der Waals surface area (Å²) in [6, 6.07) is 6.20. The Morgan fingerprint density at radius 3 is 2.74 bits per heavy atom. The van der Waals surface area contributed by atoms with E-state index in [4.69, 9.17) is 4.74 Å². The highest BCUT2D eigenvalue weighted by atomic mass is 16.5. The molecule has 2 aromatic rings. The smallest absolute Gasteiger partial charge is 0.374 e. The fourth-order valence-electron chi connectivity index (χ4n) is 2.01. The van der Waals surface area contributed by atoms with E-state index in [1.165, 1.54) is 5.56 Å². The van der Waals surface area contributed by atoms with Gasteiger partial charge in [0.2, 0.25) is 5.82 Å². The van der Waals surface area contributed by atoms with Gasteiger partial charge in [0, 0.05) is 11.3 Å². The minimum absolute atomic E-state index is 0.259. The molecule has 0 radical (unpaired) electrons. The highest BCUT2D eigenvalue weighted by Crippen LogP contribution is 2.26. The van der Waals surface area contributed by atoms with E-state index in [9.17, 15) is 4.79 Å². The van der Waals surface area contributed by atoms with E-state index >= 15 is 0 Å². The van der Waals surface area contributed by atoms with Crippen LogP contribution in [-0.2, 0) is 4.74 Å². The number of rotatable bonds is 3.